The van der Waals surface area contributed by atoms with Crippen molar-refractivity contribution in [2.24, 2.45) is 0 Å². The van der Waals surface area contributed by atoms with E-state index in [0.717, 1.165) is 66.3 Å². The zero-order chi connectivity index (χ0) is 58.2. The molecule has 0 aliphatic rings. The second-order valence-corrected chi connectivity index (χ2v) is 25.1. The maximum absolute atomic E-state index is 8.81. The van der Waals surface area contributed by atoms with Crippen LogP contribution in [-0.4, -0.2) is 14.5 Å². The maximum atomic E-state index is 8.81. The number of aromatic nitrogens is 3. The summed E-state index contributed by atoms with van der Waals surface area (Å²) < 4.78 is 35.5. The van der Waals surface area contributed by atoms with Crippen LogP contribution in [0.15, 0.2) is 180 Å². The molecule has 1 radical (unpaired) electrons. The molecule has 80 heavy (non-hydrogen) atoms. The summed E-state index contributed by atoms with van der Waals surface area (Å²) in [6, 6.07) is 66.1. The predicted molar refractivity (Wildman–Crippen MR) is 336 cm³/mol. The number of rotatable bonds is 7. The van der Waals surface area contributed by atoms with Crippen molar-refractivity contribution in [1.82, 2.24) is 14.5 Å². The minimum Gasteiger partial charge on any atom is -0.501 e. The van der Waals surface area contributed by atoms with Crippen LogP contribution in [0.5, 0.6) is 0 Å². The first-order chi connectivity index (χ1) is 38.8. The number of benzene rings is 9. The van der Waals surface area contributed by atoms with Gasteiger partial charge in [0.1, 0.15) is 5.58 Å². The molecule has 12 aromatic rings. The van der Waals surface area contributed by atoms with Gasteiger partial charge in [0.2, 0.25) is 0 Å². The Labute approximate surface area is 491 Å². The first-order valence-electron chi connectivity index (χ1n) is 29.4. The van der Waals surface area contributed by atoms with Crippen LogP contribution in [0.2, 0.25) is 0 Å². The molecule has 3 heterocycles. The van der Waals surface area contributed by atoms with Crippen molar-refractivity contribution in [1.29, 1.82) is 0 Å². The normalized spacial score (nSPS) is 13.0. The SMILES string of the molecule is CC(C)(C)c1ccnc(-c2[c-]cccc2)c1.[2H]C([2H])([2H])c1cccc2nc(-c3[c-]ccc4c3oc3cc5c(ccc6ccccc65)cc34)n(-c3c(C(C)C)cc(-c4ccc(-c5cc(C(C)(C)C)cc(C(C)(C)C)c5)cc4)cc3C(C)C)c12.[Ir]. The molecular weight excluding hydrogens is 1150 g/mol. The van der Waals surface area contributed by atoms with Gasteiger partial charge < -0.3 is 14.0 Å². The number of imidazole rings is 1. The molecule has 4 nitrogen and oxygen atoms in total. The minimum atomic E-state index is -2.40. The van der Waals surface area contributed by atoms with E-state index < -0.39 is 6.85 Å². The molecule has 0 fully saturated rings. The summed E-state index contributed by atoms with van der Waals surface area (Å²) in [7, 11) is 0. The summed E-state index contributed by atoms with van der Waals surface area (Å²) in [5, 5.41) is 6.57. The number of hydrogen-bond acceptors (Lipinski definition) is 3. The molecule has 0 atom stereocenters. The predicted octanol–water partition coefficient (Wildman–Crippen LogP) is 21.0. The van der Waals surface area contributed by atoms with E-state index in [1.807, 2.05) is 42.6 Å². The Morgan fingerprint density at radius 2 is 1.16 bits per heavy atom. The van der Waals surface area contributed by atoms with Crippen LogP contribution in [0.1, 0.15) is 139 Å². The topological polar surface area (TPSA) is 43.9 Å². The Morgan fingerprint density at radius 3 is 1.79 bits per heavy atom. The van der Waals surface area contributed by atoms with Crippen molar-refractivity contribution in [2.75, 3.05) is 0 Å². The van der Waals surface area contributed by atoms with Crippen LogP contribution in [-0.2, 0) is 36.4 Å². The summed E-state index contributed by atoms with van der Waals surface area (Å²) >= 11 is 0. The van der Waals surface area contributed by atoms with Gasteiger partial charge in [0.05, 0.1) is 22.4 Å². The van der Waals surface area contributed by atoms with E-state index in [1.54, 1.807) is 12.1 Å². The molecular formula is C75H73IrN3O-2. The van der Waals surface area contributed by atoms with Gasteiger partial charge in [-0.2, -0.15) is 0 Å². The number of pyridine rings is 1. The Bertz CT molecular complexity index is 4310. The molecule has 0 bridgehead atoms. The van der Waals surface area contributed by atoms with Crippen molar-refractivity contribution in [3.8, 4) is 50.6 Å². The fraction of sp³-hybridized carbons (Fsp3) is 0.253. The quantitative estimate of drug-likeness (QED) is 0.118. The Morgan fingerprint density at radius 1 is 0.525 bits per heavy atom. The third-order valence-corrected chi connectivity index (χ3v) is 15.7. The molecule has 5 heteroatoms. The molecule has 0 aliphatic carbocycles. The third-order valence-electron chi connectivity index (χ3n) is 15.7. The molecule has 0 saturated carbocycles. The summed E-state index contributed by atoms with van der Waals surface area (Å²) in [6.07, 6.45) is 1.87. The minimum absolute atomic E-state index is 0. The zero-order valence-electron chi connectivity index (χ0n) is 51.5. The van der Waals surface area contributed by atoms with Gasteiger partial charge in [-0.05, 0) is 154 Å². The van der Waals surface area contributed by atoms with Crippen LogP contribution >= 0.6 is 0 Å². The average molecular weight is 1230 g/mol. The van der Waals surface area contributed by atoms with Crippen LogP contribution in [0.4, 0.5) is 0 Å². The first-order valence-corrected chi connectivity index (χ1v) is 27.9. The van der Waals surface area contributed by atoms with Crippen LogP contribution < -0.4 is 0 Å². The monoisotopic (exact) mass is 1230 g/mol. The van der Waals surface area contributed by atoms with E-state index in [-0.39, 0.29) is 53.7 Å². The van der Waals surface area contributed by atoms with Crippen LogP contribution in [0.3, 0.4) is 0 Å². The van der Waals surface area contributed by atoms with Crippen LogP contribution in [0, 0.1) is 19.0 Å². The molecule has 12 rings (SSSR count). The molecule has 0 N–H and O–H groups in total. The van der Waals surface area contributed by atoms with E-state index in [0.29, 0.717) is 28.0 Å². The molecule has 0 spiro atoms. The largest absolute Gasteiger partial charge is 0.501 e. The Kier molecular flexibility index (Phi) is 14.0. The second-order valence-electron chi connectivity index (χ2n) is 25.1. The van der Waals surface area contributed by atoms with E-state index in [4.69, 9.17) is 13.5 Å². The molecule has 9 aromatic carbocycles. The van der Waals surface area contributed by atoms with Gasteiger partial charge in [0, 0.05) is 41.5 Å². The van der Waals surface area contributed by atoms with E-state index in [1.165, 1.54) is 38.6 Å². The summed E-state index contributed by atoms with van der Waals surface area (Å²) in [5.41, 5.74) is 17.5. The number of furan rings is 1. The van der Waals surface area contributed by atoms with Gasteiger partial charge in [-0.1, -0.05) is 198 Å². The van der Waals surface area contributed by atoms with Crippen molar-refractivity contribution >= 4 is 54.5 Å². The maximum Gasteiger partial charge on any atom is 0.121 e. The fourth-order valence-corrected chi connectivity index (χ4v) is 11.0. The average Bonchev–Trinajstić information content (AvgIpc) is 4.16. The Hall–Kier alpha value is -7.43. The summed E-state index contributed by atoms with van der Waals surface area (Å²) in [5.74, 6) is 0.742. The van der Waals surface area contributed by atoms with Crippen molar-refractivity contribution < 1.29 is 28.6 Å². The standard InChI is InChI=1S/C60H57N2O.C15H16N.Ir/c1-35(2)49-31-43(39-24-22-38(23-25-39)42-28-44(59(6,7)8)33-45(29-42)60(9,10)11)32-50(36(3)4)56(49)62-55-37(5)16-14-21-53(55)61-58(62)48-20-15-19-47-52-30-41-27-26-40-17-12-13-18-46(40)51(41)34-54(52)63-57(47)48;1-15(2,3)13-9-10-16-14(11-13)12-7-5-4-6-8-12;/h12-19,21-36H,1-11H3;4-7,9-11H,1-3H3;/q2*-1;/i5D3;;. The van der Waals surface area contributed by atoms with Gasteiger partial charge in [-0.25, -0.2) is 0 Å². The van der Waals surface area contributed by atoms with Crippen LogP contribution in [0.25, 0.3) is 105 Å². The van der Waals surface area contributed by atoms with E-state index in [9.17, 15) is 0 Å². The van der Waals surface area contributed by atoms with Gasteiger partial charge >= 0.3 is 0 Å². The molecule has 0 unspecified atom stereocenters. The smallest absolute Gasteiger partial charge is 0.121 e. The molecule has 0 amide bonds. The van der Waals surface area contributed by atoms with Gasteiger partial charge in [0.15, 0.2) is 0 Å². The first kappa shape index (κ1) is 52.0. The summed E-state index contributed by atoms with van der Waals surface area (Å²) in [4.78, 5) is 9.73. The van der Waals surface area contributed by atoms with Gasteiger partial charge in [-0.15, -0.1) is 54.1 Å². The Balaban J connectivity index is 0.000000390. The second kappa shape index (κ2) is 21.6. The molecule has 405 valence electrons. The van der Waals surface area contributed by atoms with Gasteiger partial charge in [-0.3, -0.25) is 4.98 Å². The van der Waals surface area contributed by atoms with Crippen molar-refractivity contribution in [3.63, 3.8) is 0 Å². The fourth-order valence-electron chi connectivity index (χ4n) is 11.0. The number of fused-ring (bicyclic) bond motifs is 7. The van der Waals surface area contributed by atoms with E-state index >= 15 is 0 Å². The summed E-state index contributed by atoms with van der Waals surface area (Å²) in [6.45, 7) is 26.8. The van der Waals surface area contributed by atoms with Crippen molar-refractivity contribution in [2.45, 2.75) is 125 Å². The third kappa shape index (κ3) is 10.7. The number of para-hydroxylation sites is 1. The molecule has 3 aromatic heterocycles. The number of hydrogen-bond donors (Lipinski definition) is 0. The van der Waals surface area contributed by atoms with Crippen molar-refractivity contribution in [3.05, 3.63) is 222 Å². The number of nitrogens with zero attached hydrogens (tertiary/aromatic N) is 3. The zero-order valence-corrected chi connectivity index (χ0v) is 50.9. The molecule has 0 saturated heterocycles. The number of aryl methyl sites for hydroxylation is 1. The molecule has 0 aliphatic heterocycles. The van der Waals surface area contributed by atoms with E-state index in [2.05, 4.69) is 233 Å². The van der Waals surface area contributed by atoms with Gasteiger partial charge in [0.25, 0.3) is 0 Å².